The first-order valence-corrected chi connectivity index (χ1v) is 5.71. The Morgan fingerprint density at radius 1 is 1.35 bits per heavy atom. The Kier molecular flexibility index (Phi) is 4.04. The highest BCUT2D eigenvalue weighted by Crippen LogP contribution is 2.18. The van der Waals surface area contributed by atoms with Gasteiger partial charge in [-0.05, 0) is 58.1 Å². The molecule has 0 aromatic heterocycles. The van der Waals surface area contributed by atoms with Gasteiger partial charge in [-0.25, -0.2) is 4.39 Å². The van der Waals surface area contributed by atoms with Crippen LogP contribution in [-0.4, -0.2) is 30.3 Å². The van der Waals surface area contributed by atoms with Gasteiger partial charge in [0.2, 0.25) is 0 Å². The molecule has 0 bridgehead atoms. The van der Waals surface area contributed by atoms with E-state index in [0.29, 0.717) is 0 Å². The molecule has 0 radical (unpaired) electrons. The standard InChI is InChI=1S/C14H20FNO/c1-10-6-7-12(15)8-11(10)9-13(17)14(2,3)16(4)5/h6-8H,9H2,1-5H3. The van der Waals surface area contributed by atoms with E-state index in [0.717, 1.165) is 11.1 Å². The second-order valence-electron chi connectivity index (χ2n) is 5.12. The van der Waals surface area contributed by atoms with Crippen molar-refractivity contribution in [1.82, 2.24) is 4.90 Å². The summed E-state index contributed by atoms with van der Waals surface area (Å²) in [6, 6.07) is 4.57. The van der Waals surface area contributed by atoms with Gasteiger partial charge in [-0.2, -0.15) is 0 Å². The third kappa shape index (κ3) is 3.13. The monoisotopic (exact) mass is 237 g/mol. The molecule has 0 N–H and O–H groups in total. The number of benzene rings is 1. The van der Waals surface area contributed by atoms with Crippen molar-refractivity contribution in [2.75, 3.05) is 14.1 Å². The molecule has 0 saturated heterocycles. The summed E-state index contributed by atoms with van der Waals surface area (Å²) >= 11 is 0. The molecule has 0 aliphatic heterocycles. The maximum absolute atomic E-state index is 13.1. The molecule has 1 aromatic carbocycles. The Bertz CT molecular complexity index is 424. The lowest BCUT2D eigenvalue weighted by atomic mass is 9.91. The SMILES string of the molecule is Cc1ccc(F)cc1CC(=O)C(C)(C)N(C)C. The van der Waals surface area contributed by atoms with E-state index >= 15 is 0 Å². The first-order chi connectivity index (χ1) is 7.75. The lowest BCUT2D eigenvalue weighted by Gasteiger charge is -2.31. The van der Waals surface area contributed by atoms with Gasteiger partial charge in [-0.1, -0.05) is 6.07 Å². The highest BCUT2D eigenvalue weighted by Gasteiger charge is 2.29. The van der Waals surface area contributed by atoms with Crippen LogP contribution in [0.25, 0.3) is 0 Å². The van der Waals surface area contributed by atoms with E-state index in [1.54, 1.807) is 6.07 Å². The fourth-order valence-electron chi connectivity index (χ4n) is 1.47. The van der Waals surface area contributed by atoms with Crippen molar-refractivity contribution in [3.8, 4) is 0 Å². The molecule has 0 atom stereocenters. The Morgan fingerprint density at radius 2 is 1.94 bits per heavy atom. The number of carbonyl (C=O) groups excluding carboxylic acids is 1. The van der Waals surface area contributed by atoms with Crippen molar-refractivity contribution in [3.63, 3.8) is 0 Å². The molecule has 0 amide bonds. The largest absolute Gasteiger partial charge is 0.298 e. The molecule has 3 heteroatoms. The first-order valence-electron chi connectivity index (χ1n) is 5.71. The number of carbonyl (C=O) groups is 1. The molecule has 0 saturated carbocycles. The Hall–Kier alpha value is -1.22. The molecule has 0 aliphatic rings. The maximum atomic E-state index is 13.1. The van der Waals surface area contributed by atoms with Gasteiger partial charge in [0, 0.05) is 6.42 Å². The third-order valence-electron chi connectivity index (χ3n) is 3.46. The molecular weight excluding hydrogens is 217 g/mol. The highest BCUT2D eigenvalue weighted by molar-refractivity contribution is 5.89. The quantitative estimate of drug-likeness (QED) is 0.802. The van der Waals surface area contributed by atoms with Crippen LogP contribution in [0, 0.1) is 12.7 Å². The van der Waals surface area contributed by atoms with E-state index in [4.69, 9.17) is 0 Å². The fourth-order valence-corrected chi connectivity index (χ4v) is 1.47. The van der Waals surface area contributed by atoms with Crippen LogP contribution in [0.1, 0.15) is 25.0 Å². The summed E-state index contributed by atoms with van der Waals surface area (Å²) in [5.41, 5.74) is 1.19. The van der Waals surface area contributed by atoms with Crippen LogP contribution in [0.3, 0.4) is 0 Å². The number of hydrogen-bond acceptors (Lipinski definition) is 2. The number of rotatable bonds is 4. The van der Waals surface area contributed by atoms with Gasteiger partial charge < -0.3 is 0 Å². The molecule has 0 aliphatic carbocycles. The second-order valence-corrected chi connectivity index (χ2v) is 5.12. The molecule has 17 heavy (non-hydrogen) atoms. The van der Waals surface area contributed by atoms with Crippen LogP contribution in [0.2, 0.25) is 0 Å². The van der Waals surface area contributed by atoms with Crippen LogP contribution in [0.4, 0.5) is 4.39 Å². The van der Waals surface area contributed by atoms with Crippen molar-refractivity contribution in [2.24, 2.45) is 0 Å². The zero-order valence-corrected chi connectivity index (χ0v) is 11.2. The normalized spacial score (nSPS) is 11.9. The topological polar surface area (TPSA) is 20.3 Å². The van der Waals surface area contributed by atoms with Gasteiger partial charge >= 0.3 is 0 Å². The van der Waals surface area contributed by atoms with Crippen LogP contribution in [0.5, 0.6) is 0 Å². The molecule has 0 fully saturated rings. The first kappa shape index (κ1) is 13.8. The summed E-state index contributed by atoms with van der Waals surface area (Å²) < 4.78 is 13.1. The number of aryl methyl sites for hydroxylation is 1. The van der Waals surface area contributed by atoms with Gasteiger partial charge in [0.15, 0.2) is 5.78 Å². The predicted molar refractivity (Wildman–Crippen MR) is 67.6 cm³/mol. The van der Waals surface area contributed by atoms with Crippen LogP contribution in [-0.2, 0) is 11.2 Å². The zero-order chi connectivity index (χ0) is 13.2. The molecule has 0 unspecified atom stereocenters. The predicted octanol–water partition coefficient (Wildman–Crippen LogP) is 2.59. The molecular formula is C14H20FNO. The minimum atomic E-state index is -0.529. The molecule has 1 aromatic rings. The Balaban J connectivity index is 2.92. The number of ketones is 1. The molecule has 2 nitrogen and oxygen atoms in total. The van der Waals surface area contributed by atoms with E-state index in [1.165, 1.54) is 12.1 Å². The summed E-state index contributed by atoms with van der Waals surface area (Å²) in [6.45, 7) is 5.65. The summed E-state index contributed by atoms with van der Waals surface area (Å²) in [4.78, 5) is 14.1. The van der Waals surface area contributed by atoms with Gasteiger partial charge in [-0.15, -0.1) is 0 Å². The van der Waals surface area contributed by atoms with E-state index in [2.05, 4.69) is 0 Å². The lowest BCUT2D eigenvalue weighted by molar-refractivity contribution is -0.127. The van der Waals surface area contributed by atoms with Crippen LogP contribution >= 0.6 is 0 Å². The van der Waals surface area contributed by atoms with E-state index in [-0.39, 0.29) is 18.0 Å². The van der Waals surface area contributed by atoms with Crippen molar-refractivity contribution in [3.05, 3.63) is 35.1 Å². The average molecular weight is 237 g/mol. The summed E-state index contributed by atoms with van der Waals surface area (Å²) in [5.74, 6) is -0.197. The summed E-state index contributed by atoms with van der Waals surface area (Å²) in [5, 5.41) is 0. The molecule has 1 rings (SSSR count). The third-order valence-corrected chi connectivity index (χ3v) is 3.46. The second kappa shape index (κ2) is 4.96. The fraction of sp³-hybridized carbons (Fsp3) is 0.500. The zero-order valence-electron chi connectivity index (χ0n) is 11.2. The van der Waals surface area contributed by atoms with Gasteiger partial charge in [0.05, 0.1) is 5.54 Å². The number of hydrogen-bond donors (Lipinski definition) is 0. The lowest BCUT2D eigenvalue weighted by Crippen LogP contribution is -2.46. The number of halogens is 1. The van der Waals surface area contributed by atoms with Crippen molar-refractivity contribution in [1.29, 1.82) is 0 Å². The highest BCUT2D eigenvalue weighted by atomic mass is 19.1. The Labute approximate surface area is 102 Å². The van der Waals surface area contributed by atoms with E-state index in [9.17, 15) is 9.18 Å². The number of likely N-dealkylation sites (N-methyl/N-ethyl adjacent to an activating group) is 1. The smallest absolute Gasteiger partial charge is 0.156 e. The summed E-state index contributed by atoms with van der Waals surface area (Å²) in [6.07, 6.45) is 0.273. The van der Waals surface area contributed by atoms with Crippen molar-refractivity contribution in [2.45, 2.75) is 32.7 Å². The van der Waals surface area contributed by atoms with E-state index in [1.807, 2.05) is 39.8 Å². The minimum Gasteiger partial charge on any atom is -0.298 e. The maximum Gasteiger partial charge on any atom is 0.156 e. The van der Waals surface area contributed by atoms with Gasteiger partial charge in [0.25, 0.3) is 0 Å². The molecule has 94 valence electrons. The van der Waals surface area contributed by atoms with Gasteiger partial charge in [-0.3, -0.25) is 9.69 Å². The van der Waals surface area contributed by atoms with Crippen LogP contribution < -0.4 is 0 Å². The summed E-state index contributed by atoms with van der Waals surface area (Å²) in [7, 11) is 3.74. The Morgan fingerprint density at radius 3 is 2.47 bits per heavy atom. The molecule has 0 heterocycles. The van der Waals surface area contributed by atoms with Crippen molar-refractivity contribution < 1.29 is 9.18 Å². The average Bonchev–Trinajstić information content (AvgIpc) is 2.23. The minimum absolute atomic E-state index is 0.0937. The number of nitrogens with zero attached hydrogens (tertiary/aromatic N) is 1. The van der Waals surface area contributed by atoms with Crippen LogP contribution in [0.15, 0.2) is 18.2 Å². The number of Topliss-reactive ketones (excluding diaryl/α,β-unsaturated/α-hetero) is 1. The van der Waals surface area contributed by atoms with Gasteiger partial charge in [0.1, 0.15) is 5.82 Å². The van der Waals surface area contributed by atoms with E-state index < -0.39 is 5.54 Å². The van der Waals surface area contributed by atoms with Crippen molar-refractivity contribution >= 4 is 5.78 Å². The molecule has 0 spiro atoms.